The van der Waals surface area contributed by atoms with Crippen molar-refractivity contribution in [3.63, 3.8) is 0 Å². The fourth-order valence-electron chi connectivity index (χ4n) is 4.16. The van der Waals surface area contributed by atoms with Crippen LogP contribution >= 0.6 is 0 Å². The number of carbonyl (C=O) groups excluding carboxylic acids is 2. The van der Waals surface area contributed by atoms with Gasteiger partial charge >= 0.3 is 0 Å². The normalized spacial score (nSPS) is 20.1. The zero-order chi connectivity index (χ0) is 18.1. The Morgan fingerprint density at radius 3 is 2.81 bits per heavy atom. The topological polar surface area (TPSA) is 78.1 Å². The number of H-pyrrole nitrogens is 1. The van der Waals surface area contributed by atoms with Crippen LogP contribution in [0.15, 0.2) is 30.5 Å². The Morgan fingerprint density at radius 2 is 2.04 bits per heavy atom. The van der Waals surface area contributed by atoms with E-state index >= 15 is 0 Å². The molecule has 2 aromatic rings. The van der Waals surface area contributed by atoms with Crippen molar-refractivity contribution in [1.82, 2.24) is 20.4 Å². The number of hydrogen-bond donors (Lipinski definition) is 2. The summed E-state index contributed by atoms with van der Waals surface area (Å²) in [6, 6.07) is 7.31. The van der Waals surface area contributed by atoms with Gasteiger partial charge in [0.2, 0.25) is 5.91 Å². The van der Waals surface area contributed by atoms with Crippen LogP contribution in [0.1, 0.15) is 65.3 Å². The van der Waals surface area contributed by atoms with Gasteiger partial charge in [0.05, 0.1) is 18.7 Å². The van der Waals surface area contributed by atoms with Gasteiger partial charge in [0.1, 0.15) is 0 Å². The molecule has 2 aliphatic rings. The number of aromatic nitrogens is 2. The van der Waals surface area contributed by atoms with E-state index in [1.807, 2.05) is 35.4 Å². The summed E-state index contributed by atoms with van der Waals surface area (Å²) in [5.74, 6) is 0.484. The number of hydrogen-bond acceptors (Lipinski definition) is 3. The van der Waals surface area contributed by atoms with Gasteiger partial charge < -0.3 is 10.2 Å². The molecule has 26 heavy (non-hydrogen) atoms. The van der Waals surface area contributed by atoms with Gasteiger partial charge in [0, 0.05) is 30.3 Å². The summed E-state index contributed by atoms with van der Waals surface area (Å²) < 4.78 is 0. The third kappa shape index (κ3) is 3.00. The number of nitrogens with zero attached hydrogens (tertiary/aromatic N) is 2. The molecule has 1 saturated heterocycles. The van der Waals surface area contributed by atoms with Gasteiger partial charge in [-0.25, -0.2) is 0 Å². The van der Waals surface area contributed by atoms with Crippen molar-refractivity contribution < 1.29 is 9.59 Å². The first-order chi connectivity index (χ1) is 12.7. The standard InChI is InChI=1S/C20H24N4O2/c1-2-13-12-21-23-19(13)14-7-9-24(10-8-14)18(25)11-17-15-5-3-4-6-16(15)20(26)22-17/h3-6,12,14,17H,2,7-11H2,1H3,(H,21,23)(H,22,26). The first-order valence-corrected chi connectivity index (χ1v) is 9.37. The number of piperidine rings is 1. The fraction of sp³-hybridized carbons (Fsp3) is 0.450. The quantitative estimate of drug-likeness (QED) is 0.888. The van der Waals surface area contributed by atoms with E-state index in [0.717, 1.165) is 37.9 Å². The summed E-state index contributed by atoms with van der Waals surface area (Å²) in [5.41, 5.74) is 4.14. The van der Waals surface area contributed by atoms with Gasteiger partial charge in [0.25, 0.3) is 5.91 Å². The van der Waals surface area contributed by atoms with Gasteiger partial charge in [-0.2, -0.15) is 5.10 Å². The predicted molar refractivity (Wildman–Crippen MR) is 97.8 cm³/mol. The second kappa shape index (κ2) is 6.94. The van der Waals surface area contributed by atoms with Crippen molar-refractivity contribution in [1.29, 1.82) is 0 Å². The van der Waals surface area contributed by atoms with Crippen molar-refractivity contribution >= 4 is 11.8 Å². The van der Waals surface area contributed by atoms with Crippen LogP contribution in [0.3, 0.4) is 0 Å². The van der Waals surface area contributed by atoms with Crippen molar-refractivity contribution in [2.24, 2.45) is 0 Å². The highest BCUT2D eigenvalue weighted by Gasteiger charge is 2.32. The highest BCUT2D eigenvalue weighted by molar-refractivity contribution is 5.99. The molecular weight excluding hydrogens is 328 g/mol. The zero-order valence-corrected chi connectivity index (χ0v) is 15.0. The molecule has 136 valence electrons. The largest absolute Gasteiger partial charge is 0.345 e. The number of amides is 2. The second-order valence-electron chi connectivity index (χ2n) is 7.13. The van der Waals surface area contributed by atoms with Crippen LogP contribution in [-0.2, 0) is 11.2 Å². The number of likely N-dealkylation sites (tertiary alicyclic amines) is 1. The van der Waals surface area contributed by atoms with Crippen LogP contribution in [-0.4, -0.2) is 40.0 Å². The van der Waals surface area contributed by atoms with Crippen LogP contribution in [0, 0.1) is 0 Å². The second-order valence-corrected chi connectivity index (χ2v) is 7.13. The summed E-state index contributed by atoms with van der Waals surface area (Å²) in [6.07, 6.45) is 5.12. The molecule has 4 rings (SSSR count). The molecular formula is C20H24N4O2. The molecule has 0 aliphatic carbocycles. The monoisotopic (exact) mass is 352 g/mol. The van der Waals surface area contributed by atoms with Gasteiger partial charge in [-0.15, -0.1) is 0 Å². The lowest BCUT2D eigenvalue weighted by molar-refractivity contribution is -0.132. The van der Waals surface area contributed by atoms with E-state index in [2.05, 4.69) is 22.4 Å². The van der Waals surface area contributed by atoms with E-state index in [-0.39, 0.29) is 17.9 Å². The van der Waals surface area contributed by atoms with Gasteiger partial charge in [-0.05, 0) is 36.5 Å². The lowest BCUT2D eigenvalue weighted by atomic mass is 9.90. The molecule has 1 aromatic carbocycles. The van der Waals surface area contributed by atoms with Crippen LogP contribution < -0.4 is 5.32 Å². The lowest BCUT2D eigenvalue weighted by Gasteiger charge is -2.32. The molecule has 6 heteroatoms. The molecule has 0 bridgehead atoms. The first-order valence-electron chi connectivity index (χ1n) is 9.37. The van der Waals surface area contributed by atoms with Gasteiger partial charge in [-0.3, -0.25) is 14.7 Å². The average Bonchev–Trinajstić information content (AvgIpc) is 3.27. The summed E-state index contributed by atoms with van der Waals surface area (Å²) in [6.45, 7) is 3.66. The Morgan fingerprint density at radius 1 is 1.27 bits per heavy atom. The maximum atomic E-state index is 12.7. The van der Waals surface area contributed by atoms with E-state index in [1.165, 1.54) is 11.3 Å². The Bertz CT molecular complexity index is 821. The van der Waals surface area contributed by atoms with Crippen molar-refractivity contribution in [3.05, 3.63) is 52.8 Å². The maximum Gasteiger partial charge on any atom is 0.252 e. The molecule has 0 radical (unpaired) electrons. The van der Waals surface area contributed by atoms with E-state index in [0.29, 0.717) is 17.9 Å². The smallest absolute Gasteiger partial charge is 0.252 e. The molecule has 1 atom stereocenters. The first kappa shape index (κ1) is 16.8. The predicted octanol–water partition coefficient (Wildman–Crippen LogP) is 2.55. The molecule has 0 spiro atoms. The minimum Gasteiger partial charge on any atom is -0.345 e. The summed E-state index contributed by atoms with van der Waals surface area (Å²) in [4.78, 5) is 26.7. The molecule has 1 unspecified atom stereocenters. The van der Waals surface area contributed by atoms with Crippen LogP contribution in [0.2, 0.25) is 0 Å². The zero-order valence-electron chi connectivity index (χ0n) is 15.0. The Hall–Kier alpha value is -2.63. The molecule has 2 N–H and O–H groups in total. The number of aromatic amines is 1. The fourth-order valence-corrected chi connectivity index (χ4v) is 4.16. The van der Waals surface area contributed by atoms with Crippen molar-refractivity contribution in [3.8, 4) is 0 Å². The lowest BCUT2D eigenvalue weighted by Crippen LogP contribution is -2.39. The van der Waals surface area contributed by atoms with Gasteiger partial charge in [-0.1, -0.05) is 25.1 Å². The SMILES string of the molecule is CCc1cn[nH]c1C1CCN(C(=O)CC2NC(=O)c3ccccc32)CC1. The molecule has 1 fully saturated rings. The summed E-state index contributed by atoms with van der Waals surface area (Å²) >= 11 is 0. The highest BCUT2D eigenvalue weighted by Crippen LogP contribution is 2.31. The minimum absolute atomic E-state index is 0.0801. The number of aryl methyl sites for hydroxylation is 1. The molecule has 0 saturated carbocycles. The summed E-state index contributed by atoms with van der Waals surface area (Å²) in [7, 11) is 0. The number of carbonyl (C=O) groups is 2. The van der Waals surface area contributed by atoms with E-state index in [1.54, 1.807) is 0 Å². The van der Waals surface area contributed by atoms with Crippen molar-refractivity contribution in [2.45, 2.75) is 44.6 Å². The van der Waals surface area contributed by atoms with E-state index in [4.69, 9.17) is 0 Å². The molecule has 2 amide bonds. The minimum atomic E-state index is -0.205. The maximum absolute atomic E-state index is 12.7. The summed E-state index contributed by atoms with van der Waals surface area (Å²) in [5, 5.41) is 10.3. The number of rotatable bonds is 4. The number of fused-ring (bicyclic) bond motifs is 1. The third-order valence-corrected chi connectivity index (χ3v) is 5.65. The average molecular weight is 352 g/mol. The Labute approximate surface area is 153 Å². The molecule has 2 aliphatic heterocycles. The molecule has 1 aromatic heterocycles. The van der Waals surface area contributed by atoms with Crippen LogP contribution in [0.25, 0.3) is 0 Å². The number of nitrogens with one attached hydrogen (secondary N) is 2. The van der Waals surface area contributed by atoms with E-state index in [9.17, 15) is 9.59 Å². The van der Waals surface area contributed by atoms with Crippen molar-refractivity contribution in [2.75, 3.05) is 13.1 Å². The highest BCUT2D eigenvalue weighted by atomic mass is 16.2. The number of benzene rings is 1. The molecule has 6 nitrogen and oxygen atoms in total. The van der Waals surface area contributed by atoms with Crippen LogP contribution in [0.5, 0.6) is 0 Å². The Kier molecular flexibility index (Phi) is 4.49. The van der Waals surface area contributed by atoms with Gasteiger partial charge in [0.15, 0.2) is 0 Å². The Balaban J connectivity index is 1.37. The van der Waals surface area contributed by atoms with Crippen LogP contribution in [0.4, 0.5) is 0 Å². The van der Waals surface area contributed by atoms with E-state index < -0.39 is 0 Å². The molecule has 3 heterocycles. The third-order valence-electron chi connectivity index (χ3n) is 5.65.